The Bertz CT molecular complexity index is 1010. The minimum atomic E-state index is -1.11. The van der Waals surface area contributed by atoms with Gasteiger partial charge < -0.3 is 9.84 Å². The van der Waals surface area contributed by atoms with Crippen molar-refractivity contribution >= 4 is 11.9 Å². The Morgan fingerprint density at radius 2 is 1.78 bits per heavy atom. The minimum Gasteiger partial charge on any atom is -0.337 e. The summed E-state index contributed by atoms with van der Waals surface area (Å²) in [5.74, 6) is 0.282. The van der Waals surface area contributed by atoms with Crippen LogP contribution in [0.5, 0.6) is 0 Å². The first-order valence-electron chi connectivity index (χ1n) is 8.57. The van der Waals surface area contributed by atoms with Gasteiger partial charge in [-0.1, -0.05) is 59.8 Å². The first kappa shape index (κ1) is 17.0. The predicted molar refractivity (Wildman–Crippen MR) is 97.3 cm³/mol. The average Bonchev–Trinajstić information content (AvgIpc) is 3.22. The van der Waals surface area contributed by atoms with Crippen molar-refractivity contribution in [3.8, 4) is 11.4 Å². The topological polar surface area (TPSA) is 88.3 Å². The molecule has 0 radical (unpaired) electrons. The number of nitrogens with one attached hydrogen (secondary N) is 1. The molecule has 1 aromatic heterocycles. The molecule has 1 aliphatic rings. The zero-order valence-corrected chi connectivity index (χ0v) is 15.0. The summed E-state index contributed by atoms with van der Waals surface area (Å²) in [7, 11) is 0. The van der Waals surface area contributed by atoms with Crippen LogP contribution in [0.25, 0.3) is 11.4 Å². The molecule has 27 heavy (non-hydrogen) atoms. The second kappa shape index (κ2) is 6.35. The lowest BCUT2D eigenvalue weighted by Crippen LogP contribution is -2.40. The molecule has 0 aliphatic carbocycles. The number of carbonyl (C=O) groups is 2. The predicted octanol–water partition coefficient (Wildman–Crippen LogP) is 3.01. The van der Waals surface area contributed by atoms with Crippen LogP contribution in [0.2, 0.25) is 0 Å². The Morgan fingerprint density at radius 1 is 1.07 bits per heavy atom. The monoisotopic (exact) mass is 362 g/mol. The van der Waals surface area contributed by atoms with E-state index >= 15 is 0 Å². The number of rotatable bonds is 4. The first-order chi connectivity index (χ1) is 13.0. The number of hydrogen-bond acceptors (Lipinski definition) is 5. The van der Waals surface area contributed by atoms with Crippen molar-refractivity contribution in [3.63, 3.8) is 0 Å². The smallest absolute Gasteiger partial charge is 0.325 e. The van der Waals surface area contributed by atoms with E-state index in [1.807, 2.05) is 61.5 Å². The maximum Gasteiger partial charge on any atom is 0.325 e. The highest BCUT2D eigenvalue weighted by atomic mass is 16.5. The van der Waals surface area contributed by atoms with E-state index in [2.05, 4.69) is 15.5 Å². The van der Waals surface area contributed by atoms with E-state index < -0.39 is 11.6 Å². The van der Waals surface area contributed by atoms with Crippen molar-refractivity contribution in [2.75, 3.05) is 0 Å². The molecule has 2 heterocycles. The highest BCUT2D eigenvalue weighted by molar-refractivity contribution is 6.07. The van der Waals surface area contributed by atoms with Gasteiger partial charge in [0.1, 0.15) is 12.1 Å². The molecular weight excluding hydrogens is 344 g/mol. The van der Waals surface area contributed by atoms with Gasteiger partial charge in [-0.05, 0) is 25.0 Å². The summed E-state index contributed by atoms with van der Waals surface area (Å²) in [6.45, 7) is 3.56. The van der Waals surface area contributed by atoms with Crippen LogP contribution in [0, 0.1) is 6.92 Å². The summed E-state index contributed by atoms with van der Waals surface area (Å²) >= 11 is 0. The lowest BCUT2D eigenvalue weighted by molar-refractivity contribution is -0.131. The SMILES string of the molecule is Cc1ccccc1-c1noc(CN2C(=O)N[C@](C)(c3ccccc3)C2=O)n1. The highest BCUT2D eigenvalue weighted by Gasteiger charge is 2.49. The number of nitrogens with zero attached hydrogens (tertiary/aromatic N) is 3. The number of aromatic nitrogens is 2. The van der Waals surface area contributed by atoms with Crippen molar-refractivity contribution in [2.45, 2.75) is 25.9 Å². The van der Waals surface area contributed by atoms with Crippen molar-refractivity contribution in [1.29, 1.82) is 0 Å². The fourth-order valence-corrected chi connectivity index (χ4v) is 3.20. The summed E-state index contributed by atoms with van der Waals surface area (Å²) in [5.41, 5.74) is 1.46. The van der Waals surface area contributed by atoms with E-state index in [9.17, 15) is 9.59 Å². The zero-order chi connectivity index (χ0) is 19.0. The lowest BCUT2D eigenvalue weighted by Gasteiger charge is -2.21. The number of urea groups is 1. The van der Waals surface area contributed by atoms with Gasteiger partial charge in [-0.25, -0.2) is 4.79 Å². The van der Waals surface area contributed by atoms with Crippen LogP contribution in [0.3, 0.4) is 0 Å². The maximum absolute atomic E-state index is 12.9. The van der Waals surface area contributed by atoms with Gasteiger partial charge in [0.2, 0.25) is 11.7 Å². The fraction of sp³-hybridized carbons (Fsp3) is 0.200. The molecule has 2 aromatic carbocycles. The van der Waals surface area contributed by atoms with E-state index in [4.69, 9.17) is 4.52 Å². The Labute approximate surface area is 156 Å². The summed E-state index contributed by atoms with van der Waals surface area (Å²) in [6, 6.07) is 16.3. The standard InChI is InChI=1S/C20H18N4O3/c1-13-8-6-7-11-15(13)17-21-16(27-23-17)12-24-18(25)20(2,22-19(24)26)14-9-4-3-5-10-14/h3-11H,12H2,1-2H3,(H,22,26)/t20-/m1/s1. The van der Waals surface area contributed by atoms with Crippen LogP contribution in [0.15, 0.2) is 59.1 Å². The van der Waals surface area contributed by atoms with E-state index in [0.717, 1.165) is 21.6 Å². The maximum atomic E-state index is 12.9. The van der Waals surface area contributed by atoms with Crippen LogP contribution >= 0.6 is 0 Å². The van der Waals surface area contributed by atoms with E-state index in [0.29, 0.717) is 5.82 Å². The zero-order valence-electron chi connectivity index (χ0n) is 15.0. The molecule has 1 aliphatic heterocycles. The highest BCUT2D eigenvalue weighted by Crippen LogP contribution is 2.29. The van der Waals surface area contributed by atoms with E-state index in [-0.39, 0.29) is 18.3 Å². The Kier molecular flexibility index (Phi) is 3.99. The van der Waals surface area contributed by atoms with Crippen LogP contribution in [0.1, 0.15) is 23.9 Å². The van der Waals surface area contributed by atoms with Gasteiger partial charge in [-0.15, -0.1) is 0 Å². The Morgan fingerprint density at radius 3 is 2.52 bits per heavy atom. The molecule has 0 spiro atoms. The second-order valence-electron chi connectivity index (χ2n) is 6.64. The number of imide groups is 1. The summed E-state index contributed by atoms with van der Waals surface area (Å²) in [6.07, 6.45) is 0. The van der Waals surface area contributed by atoms with Crippen LogP contribution < -0.4 is 5.32 Å². The normalized spacial score (nSPS) is 19.4. The fourth-order valence-electron chi connectivity index (χ4n) is 3.20. The minimum absolute atomic E-state index is 0.0774. The molecule has 4 rings (SSSR count). The quantitative estimate of drug-likeness (QED) is 0.721. The molecule has 0 saturated carbocycles. The van der Waals surface area contributed by atoms with Gasteiger partial charge in [-0.3, -0.25) is 9.69 Å². The molecule has 0 bridgehead atoms. The van der Waals surface area contributed by atoms with Crippen molar-refractivity contribution in [1.82, 2.24) is 20.4 Å². The summed E-state index contributed by atoms with van der Waals surface area (Å²) in [4.78, 5) is 30.8. The van der Waals surface area contributed by atoms with Gasteiger partial charge >= 0.3 is 6.03 Å². The number of hydrogen-bond donors (Lipinski definition) is 1. The molecule has 136 valence electrons. The van der Waals surface area contributed by atoms with Crippen molar-refractivity contribution < 1.29 is 14.1 Å². The lowest BCUT2D eigenvalue weighted by atomic mass is 9.92. The van der Waals surface area contributed by atoms with Crippen LogP contribution in [0.4, 0.5) is 4.79 Å². The van der Waals surface area contributed by atoms with Gasteiger partial charge in [0.15, 0.2) is 0 Å². The molecule has 7 nitrogen and oxygen atoms in total. The summed E-state index contributed by atoms with van der Waals surface area (Å²) < 4.78 is 5.27. The molecule has 7 heteroatoms. The molecular formula is C20H18N4O3. The van der Waals surface area contributed by atoms with E-state index in [1.54, 1.807) is 6.92 Å². The number of carbonyl (C=O) groups excluding carboxylic acids is 2. The largest absolute Gasteiger partial charge is 0.337 e. The molecule has 1 N–H and O–H groups in total. The Hall–Kier alpha value is -3.48. The van der Waals surface area contributed by atoms with Crippen LogP contribution in [-0.4, -0.2) is 27.0 Å². The molecule has 3 aromatic rings. The molecule has 1 fully saturated rings. The van der Waals surface area contributed by atoms with Crippen molar-refractivity contribution in [2.24, 2.45) is 0 Å². The van der Waals surface area contributed by atoms with Gasteiger partial charge in [-0.2, -0.15) is 4.98 Å². The second-order valence-corrected chi connectivity index (χ2v) is 6.64. The number of aryl methyl sites for hydroxylation is 1. The number of benzene rings is 2. The molecule has 1 saturated heterocycles. The average molecular weight is 362 g/mol. The van der Waals surface area contributed by atoms with E-state index in [1.165, 1.54) is 0 Å². The molecule has 3 amide bonds. The van der Waals surface area contributed by atoms with Gasteiger partial charge in [0, 0.05) is 5.56 Å². The third-order valence-electron chi connectivity index (χ3n) is 4.77. The van der Waals surface area contributed by atoms with Crippen molar-refractivity contribution in [3.05, 3.63) is 71.6 Å². The van der Waals surface area contributed by atoms with Gasteiger partial charge in [0.05, 0.1) is 0 Å². The van der Waals surface area contributed by atoms with Gasteiger partial charge in [0.25, 0.3) is 5.91 Å². The number of amides is 3. The summed E-state index contributed by atoms with van der Waals surface area (Å²) in [5, 5.41) is 6.74. The Balaban J connectivity index is 1.58. The first-order valence-corrected chi connectivity index (χ1v) is 8.57. The van der Waals surface area contributed by atoms with Crippen LogP contribution in [-0.2, 0) is 16.9 Å². The third-order valence-corrected chi connectivity index (χ3v) is 4.77. The molecule has 0 unspecified atom stereocenters. The molecule has 1 atom stereocenters. The third kappa shape index (κ3) is 2.87.